The summed E-state index contributed by atoms with van der Waals surface area (Å²) in [5, 5.41) is 3.83. The van der Waals surface area contributed by atoms with Gasteiger partial charge in [0.05, 0.1) is 16.9 Å². The maximum atomic E-state index is 2.52. The molecule has 224 valence electrons. The van der Waals surface area contributed by atoms with E-state index in [0.29, 0.717) is 0 Å². The van der Waals surface area contributed by atoms with Gasteiger partial charge in [0.25, 0.3) is 0 Å². The van der Waals surface area contributed by atoms with Gasteiger partial charge in [0.15, 0.2) is 0 Å². The van der Waals surface area contributed by atoms with Gasteiger partial charge in [-0.25, -0.2) is 0 Å². The Balaban J connectivity index is 1.22. The van der Waals surface area contributed by atoms with Crippen molar-refractivity contribution in [3.63, 3.8) is 0 Å². The standard InChI is InChI=1S/C45H34N2/c1-45(2)40-22-12-11-21-38(40)44-43(45)39-30-33(26-29-42(39)47(44)41-23-13-15-32-14-9-10-20-37(32)41)31-24-27-36(28-25-31)46(34-16-5-3-6-17-34)35-18-7-4-8-19-35/h3-30H,1-2H3. The number of aromatic nitrogens is 1. The van der Waals surface area contributed by atoms with Gasteiger partial charge in [-0.2, -0.15) is 0 Å². The molecule has 0 N–H and O–H groups in total. The van der Waals surface area contributed by atoms with Gasteiger partial charge in [0.1, 0.15) is 0 Å². The molecule has 0 bridgehead atoms. The fourth-order valence-electron chi connectivity index (χ4n) is 7.79. The van der Waals surface area contributed by atoms with Crippen molar-refractivity contribution in [1.29, 1.82) is 0 Å². The lowest BCUT2D eigenvalue weighted by atomic mass is 9.81. The van der Waals surface area contributed by atoms with Crippen molar-refractivity contribution in [2.75, 3.05) is 4.90 Å². The van der Waals surface area contributed by atoms with E-state index in [4.69, 9.17) is 0 Å². The van der Waals surface area contributed by atoms with Gasteiger partial charge in [0.2, 0.25) is 0 Å². The van der Waals surface area contributed by atoms with Crippen LogP contribution in [0.2, 0.25) is 0 Å². The second kappa shape index (κ2) is 10.6. The Morgan fingerprint density at radius 1 is 0.489 bits per heavy atom. The molecule has 0 saturated carbocycles. The molecule has 0 aliphatic heterocycles. The molecular weight excluding hydrogens is 569 g/mol. The summed E-state index contributed by atoms with van der Waals surface area (Å²) in [6.45, 7) is 4.77. The van der Waals surface area contributed by atoms with Crippen LogP contribution in [0, 0.1) is 0 Å². The van der Waals surface area contributed by atoms with Crippen molar-refractivity contribution in [1.82, 2.24) is 4.57 Å². The molecule has 0 fully saturated rings. The van der Waals surface area contributed by atoms with Crippen LogP contribution in [0.25, 0.3) is 49.7 Å². The Morgan fingerprint density at radius 3 is 1.83 bits per heavy atom. The van der Waals surface area contributed by atoms with Crippen LogP contribution in [-0.2, 0) is 5.41 Å². The summed E-state index contributed by atoms with van der Waals surface area (Å²) >= 11 is 0. The third-order valence-corrected chi connectivity index (χ3v) is 9.94. The minimum Gasteiger partial charge on any atom is -0.311 e. The lowest BCUT2D eigenvalue weighted by Gasteiger charge is -2.25. The molecule has 47 heavy (non-hydrogen) atoms. The van der Waals surface area contributed by atoms with E-state index >= 15 is 0 Å². The van der Waals surface area contributed by atoms with Crippen LogP contribution in [0.4, 0.5) is 17.1 Å². The predicted octanol–water partition coefficient (Wildman–Crippen LogP) is 12.2. The summed E-state index contributed by atoms with van der Waals surface area (Å²) in [6.07, 6.45) is 0. The molecule has 1 aliphatic carbocycles. The van der Waals surface area contributed by atoms with Crippen LogP contribution in [-0.4, -0.2) is 4.57 Å². The van der Waals surface area contributed by atoms with Crippen LogP contribution in [0.5, 0.6) is 0 Å². The zero-order valence-electron chi connectivity index (χ0n) is 26.6. The van der Waals surface area contributed by atoms with Crippen LogP contribution in [0.3, 0.4) is 0 Å². The van der Waals surface area contributed by atoms with Gasteiger partial charge in [0, 0.05) is 38.8 Å². The Labute approximate surface area is 275 Å². The minimum atomic E-state index is -0.131. The van der Waals surface area contributed by atoms with E-state index in [-0.39, 0.29) is 5.41 Å². The topological polar surface area (TPSA) is 8.17 Å². The second-order valence-electron chi connectivity index (χ2n) is 13.0. The molecule has 0 spiro atoms. The molecule has 1 aromatic heterocycles. The third-order valence-electron chi connectivity index (χ3n) is 9.94. The molecular formula is C45H34N2. The highest BCUT2D eigenvalue weighted by atomic mass is 15.1. The summed E-state index contributed by atoms with van der Waals surface area (Å²) in [7, 11) is 0. The summed E-state index contributed by atoms with van der Waals surface area (Å²) in [5.74, 6) is 0. The van der Waals surface area contributed by atoms with Gasteiger partial charge in [-0.15, -0.1) is 0 Å². The lowest BCUT2D eigenvalue weighted by molar-refractivity contribution is 0.666. The number of rotatable bonds is 5. The second-order valence-corrected chi connectivity index (χ2v) is 13.0. The number of benzene rings is 7. The Kier molecular flexibility index (Phi) is 6.20. The monoisotopic (exact) mass is 602 g/mol. The van der Waals surface area contributed by atoms with Gasteiger partial charge in [-0.05, 0) is 82.2 Å². The van der Waals surface area contributed by atoms with Crippen LogP contribution in [0.1, 0.15) is 25.0 Å². The fourth-order valence-corrected chi connectivity index (χ4v) is 7.79. The molecule has 0 amide bonds. The zero-order valence-corrected chi connectivity index (χ0v) is 26.6. The van der Waals surface area contributed by atoms with Gasteiger partial charge in [-0.1, -0.05) is 129 Å². The highest BCUT2D eigenvalue weighted by Gasteiger charge is 2.40. The normalized spacial score (nSPS) is 13.1. The number of nitrogens with zero attached hydrogens (tertiary/aromatic N) is 2. The maximum absolute atomic E-state index is 2.52. The SMILES string of the molecule is CC1(C)c2ccccc2-c2c1c1cc(-c3ccc(N(c4ccccc4)c4ccccc4)cc3)ccc1n2-c1cccc2ccccc12. The largest absolute Gasteiger partial charge is 0.311 e. The highest BCUT2D eigenvalue weighted by Crippen LogP contribution is 2.54. The van der Waals surface area contributed by atoms with Crippen molar-refractivity contribution >= 4 is 38.7 Å². The van der Waals surface area contributed by atoms with Gasteiger partial charge < -0.3 is 9.47 Å². The molecule has 8 aromatic rings. The predicted molar refractivity (Wildman–Crippen MR) is 198 cm³/mol. The number of para-hydroxylation sites is 2. The molecule has 2 nitrogen and oxygen atoms in total. The molecule has 0 atom stereocenters. The minimum absolute atomic E-state index is 0.131. The van der Waals surface area contributed by atoms with E-state index in [9.17, 15) is 0 Å². The number of fused-ring (bicyclic) bond motifs is 6. The molecule has 2 heteroatoms. The lowest BCUT2D eigenvalue weighted by Crippen LogP contribution is -2.14. The van der Waals surface area contributed by atoms with Crippen molar-refractivity contribution < 1.29 is 0 Å². The average Bonchev–Trinajstić information content (AvgIpc) is 3.59. The van der Waals surface area contributed by atoms with Gasteiger partial charge >= 0.3 is 0 Å². The van der Waals surface area contributed by atoms with Crippen LogP contribution in [0.15, 0.2) is 170 Å². The first kappa shape index (κ1) is 27.5. The van der Waals surface area contributed by atoms with E-state index in [1.54, 1.807) is 0 Å². The van der Waals surface area contributed by atoms with Crippen LogP contribution < -0.4 is 4.90 Å². The van der Waals surface area contributed by atoms with Crippen molar-refractivity contribution in [3.05, 3.63) is 181 Å². The third kappa shape index (κ3) is 4.26. The van der Waals surface area contributed by atoms with Crippen molar-refractivity contribution in [2.45, 2.75) is 19.3 Å². The summed E-state index contributed by atoms with van der Waals surface area (Å²) in [4.78, 5) is 2.31. The average molecular weight is 603 g/mol. The molecule has 0 radical (unpaired) electrons. The van der Waals surface area contributed by atoms with E-state index in [0.717, 1.165) is 17.1 Å². The smallest absolute Gasteiger partial charge is 0.0585 e. The van der Waals surface area contributed by atoms with Crippen LogP contribution >= 0.6 is 0 Å². The van der Waals surface area contributed by atoms with Crippen molar-refractivity contribution in [3.8, 4) is 28.1 Å². The molecule has 9 rings (SSSR count). The summed E-state index contributed by atoms with van der Waals surface area (Å²) in [6, 6.07) is 61.6. The summed E-state index contributed by atoms with van der Waals surface area (Å²) < 4.78 is 2.52. The van der Waals surface area contributed by atoms with Crippen molar-refractivity contribution in [2.24, 2.45) is 0 Å². The summed E-state index contributed by atoms with van der Waals surface area (Å²) in [5.41, 5.74) is 13.6. The maximum Gasteiger partial charge on any atom is 0.0585 e. The highest BCUT2D eigenvalue weighted by molar-refractivity contribution is 6.03. The first-order valence-electron chi connectivity index (χ1n) is 16.4. The molecule has 7 aromatic carbocycles. The van der Waals surface area contributed by atoms with E-state index in [1.807, 2.05) is 0 Å². The molecule has 1 aliphatic rings. The Morgan fingerprint density at radius 2 is 1.09 bits per heavy atom. The Bertz CT molecular complexity index is 2370. The molecule has 0 saturated heterocycles. The van der Waals surface area contributed by atoms with E-state index in [2.05, 4.69) is 193 Å². The number of anilines is 3. The number of hydrogen-bond acceptors (Lipinski definition) is 1. The van der Waals surface area contributed by atoms with E-state index in [1.165, 1.54) is 60.9 Å². The first-order chi connectivity index (χ1) is 23.1. The quantitative estimate of drug-likeness (QED) is 0.190. The Hall–Kier alpha value is -5.86. The number of hydrogen-bond donors (Lipinski definition) is 0. The molecule has 0 unspecified atom stereocenters. The zero-order chi connectivity index (χ0) is 31.5. The first-order valence-corrected chi connectivity index (χ1v) is 16.4. The molecule has 1 heterocycles. The van der Waals surface area contributed by atoms with Gasteiger partial charge in [-0.3, -0.25) is 0 Å². The van der Waals surface area contributed by atoms with E-state index < -0.39 is 0 Å². The fraction of sp³-hybridized carbons (Fsp3) is 0.0667.